The number of aliphatic hydroxyl groups excluding tert-OH is 1. The van der Waals surface area contributed by atoms with Crippen LogP contribution in [0.3, 0.4) is 0 Å². The smallest absolute Gasteiger partial charge is 0.407 e. The van der Waals surface area contributed by atoms with Crippen LogP contribution < -0.4 is 15.8 Å². The van der Waals surface area contributed by atoms with Gasteiger partial charge in [0.1, 0.15) is 17.5 Å². The van der Waals surface area contributed by atoms with Gasteiger partial charge in [-0.1, -0.05) is 60.7 Å². The molecule has 9 nitrogen and oxygen atoms in total. The highest BCUT2D eigenvalue weighted by Gasteiger charge is 2.52. The number of ether oxygens (including phenoxy) is 3. The van der Waals surface area contributed by atoms with Crippen molar-refractivity contribution < 1.29 is 32.5 Å². The van der Waals surface area contributed by atoms with Crippen LogP contribution in [0.15, 0.2) is 89.8 Å². The normalized spacial score (nSPS) is 15.0. The van der Waals surface area contributed by atoms with Crippen LogP contribution in [0.25, 0.3) is 0 Å². The van der Waals surface area contributed by atoms with Gasteiger partial charge in [-0.2, -0.15) is 0 Å². The number of carbonyl (C=O) groups excluding carboxylic acids is 1. The summed E-state index contributed by atoms with van der Waals surface area (Å²) in [5.74, 6) is 0.441. The Labute approximate surface area is 229 Å². The molecule has 3 unspecified atom stereocenters. The summed E-state index contributed by atoms with van der Waals surface area (Å²) < 4.78 is 44.4. The molecule has 210 valence electrons. The van der Waals surface area contributed by atoms with E-state index < -0.39 is 38.7 Å². The van der Waals surface area contributed by atoms with Crippen molar-refractivity contribution in [3.8, 4) is 5.75 Å². The van der Waals surface area contributed by atoms with Gasteiger partial charge in [-0.15, -0.1) is 0 Å². The van der Waals surface area contributed by atoms with Crippen molar-refractivity contribution in [2.24, 2.45) is 5.73 Å². The lowest BCUT2D eigenvalue weighted by atomic mass is 10.00. The molecule has 3 aromatic rings. The molecule has 0 aromatic heterocycles. The zero-order chi connectivity index (χ0) is 28.7. The third-order valence-corrected chi connectivity index (χ3v) is 7.98. The first-order valence-corrected chi connectivity index (χ1v) is 13.9. The molecular weight excluding hydrogens is 520 g/mol. The third kappa shape index (κ3) is 7.79. The SMILES string of the molecule is COc1ccc(S(=O)(=O)C(N)(OCc2ccccc2)C(O)C(Cc2ccccc2)NC(=O)OC(C)(C)C)cc1. The second-order valence-electron chi connectivity index (χ2n) is 10.1. The fourth-order valence-electron chi connectivity index (χ4n) is 3.88. The van der Waals surface area contributed by atoms with Gasteiger partial charge in [0.15, 0.2) is 0 Å². The number of hydrogen-bond acceptors (Lipinski definition) is 8. The first kappa shape index (κ1) is 30.1. The standard InChI is InChI=1S/C29H36N2O7S/c1-28(2,3)38-27(33)31-25(19-21-11-7-5-8-12-21)26(32)29(30,37-20-22-13-9-6-10-14-22)39(34,35)24-17-15-23(36-4)16-18-24/h5-18,25-26,32H,19-20,30H2,1-4H3,(H,31,33). The van der Waals surface area contributed by atoms with Gasteiger partial charge in [-0.05, 0) is 62.6 Å². The first-order valence-electron chi connectivity index (χ1n) is 12.4. The monoisotopic (exact) mass is 556 g/mol. The van der Waals surface area contributed by atoms with Crippen LogP contribution in [0.4, 0.5) is 4.79 Å². The summed E-state index contributed by atoms with van der Waals surface area (Å²) in [4.78, 5) is 12.6. The molecule has 0 spiro atoms. The summed E-state index contributed by atoms with van der Waals surface area (Å²) >= 11 is 0. The van der Waals surface area contributed by atoms with Crippen molar-refractivity contribution in [1.29, 1.82) is 0 Å². The van der Waals surface area contributed by atoms with Gasteiger partial charge in [0.2, 0.25) is 9.84 Å². The number of nitrogens with two attached hydrogens (primary N) is 1. The van der Waals surface area contributed by atoms with Gasteiger partial charge in [0.25, 0.3) is 5.06 Å². The Balaban J connectivity index is 2.05. The van der Waals surface area contributed by atoms with Crippen LogP contribution in [0.1, 0.15) is 31.9 Å². The number of benzene rings is 3. The third-order valence-electron chi connectivity index (χ3n) is 5.89. The molecule has 0 bridgehead atoms. The zero-order valence-corrected chi connectivity index (χ0v) is 23.4. The summed E-state index contributed by atoms with van der Waals surface area (Å²) in [6.07, 6.45) is -2.71. The topological polar surface area (TPSA) is 137 Å². The lowest BCUT2D eigenvalue weighted by Gasteiger charge is -2.38. The maximum atomic E-state index is 14.0. The Hall–Kier alpha value is -3.44. The van der Waals surface area contributed by atoms with E-state index >= 15 is 0 Å². The zero-order valence-electron chi connectivity index (χ0n) is 22.5. The van der Waals surface area contributed by atoms with E-state index in [-0.39, 0.29) is 17.9 Å². The summed E-state index contributed by atoms with van der Waals surface area (Å²) in [6, 6.07) is 22.2. The Morgan fingerprint density at radius 2 is 1.46 bits per heavy atom. The Morgan fingerprint density at radius 1 is 0.923 bits per heavy atom. The molecule has 3 atom stereocenters. The first-order chi connectivity index (χ1) is 18.4. The van der Waals surface area contributed by atoms with Crippen molar-refractivity contribution in [3.63, 3.8) is 0 Å². The largest absolute Gasteiger partial charge is 0.497 e. The van der Waals surface area contributed by atoms with Crippen LogP contribution in [0, 0.1) is 0 Å². The van der Waals surface area contributed by atoms with Gasteiger partial charge in [-0.3, -0.25) is 5.73 Å². The number of carbonyl (C=O) groups is 1. The van der Waals surface area contributed by atoms with Crippen molar-refractivity contribution in [3.05, 3.63) is 96.1 Å². The summed E-state index contributed by atoms with van der Waals surface area (Å²) in [5, 5.41) is 11.6. The molecule has 4 N–H and O–H groups in total. The van der Waals surface area contributed by atoms with Crippen molar-refractivity contribution in [2.75, 3.05) is 7.11 Å². The summed E-state index contributed by atoms with van der Waals surface area (Å²) in [5.41, 5.74) is 7.08. The Bertz CT molecular complexity index is 1310. The number of sulfone groups is 1. The molecule has 0 fully saturated rings. The highest BCUT2D eigenvalue weighted by Crippen LogP contribution is 2.31. The van der Waals surface area contributed by atoms with Crippen molar-refractivity contribution in [2.45, 2.75) is 61.5 Å². The van der Waals surface area contributed by atoms with Gasteiger partial charge < -0.3 is 24.6 Å². The quantitative estimate of drug-likeness (QED) is 0.303. The molecule has 3 aromatic carbocycles. The number of amides is 1. The van der Waals surface area contributed by atoms with E-state index in [0.29, 0.717) is 11.3 Å². The Morgan fingerprint density at radius 3 is 1.97 bits per heavy atom. The molecule has 0 aliphatic heterocycles. The van der Waals surface area contributed by atoms with Crippen LogP contribution in [-0.2, 0) is 32.3 Å². The molecule has 0 radical (unpaired) electrons. The maximum absolute atomic E-state index is 14.0. The average molecular weight is 557 g/mol. The molecule has 39 heavy (non-hydrogen) atoms. The van der Waals surface area contributed by atoms with Gasteiger partial charge >= 0.3 is 6.09 Å². The molecule has 0 aliphatic rings. The minimum atomic E-state index is -4.55. The summed E-state index contributed by atoms with van der Waals surface area (Å²) in [6.45, 7) is 4.87. The van der Waals surface area contributed by atoms with Gasteiger partial charge in [0, 0.05) is 0 Å². The minimum Gasteiger partial charge on any atom is -0.497 e. The van der Waals surface area contributed by atoms with Crippen molar-refractivity contribution in [1.82, 2.24) is 5.32 Å². The van der Waals surface area contributed by atoms with Crippen LogP contribution >= 0.6 is 0 Å². The lowest BCUT2D eigenvalue weighted by Crippen LogP contribution is -2.66. The van der Waals surface area contributed by atoms with Crippen LogP contribution in [-0.4, -0.2) is 49.5 Å². The number of nitrogens with one attached hydrogen (secondary N) is 1. The van der Waals surface area contributed by atoms with Crippen molar-refractivity contribution >= 4 is 15.9 Å². The predicted molar refractivity (Wildman–Crippen MR) is 148 cm³/mol. The Kier molecular flexibility index (Phi) is 9.73. The van der Waals surface area contributed by atoms with E-state index in [0.717, 1.165) is 5.56 Å². The second-order valence-corrected chi connectivity index (χ2v) is 12.2. The second kappa shape index (κ2) is 12.6. The van der Waals surface area contributed by atoms with E-state index in [1.807, 2.05) is 12.1 Å². The van der Waals surface area contributed by atoms with Crippen LogP contribution in [0.2, 0.25) is 0 Å². The molecule has 0 heterocycles. The van der Waals surface area contributed by atoms with E-state index in [2.05, 4.69) is 5.32 Å². The fourth-order valence-corrected chi connectivity index (χ4v) is 5.44. The van der Waals surface area contributed by atoms with E-state index in [4.69, 9.17) is 19.9 Å². The molecule has 0 aliphatic carbocycles. The van der Waals surface area contributed by atoms with E-state index in [9.17, 15) is 18.3 Å². The lowest BCUT2D eigenvalue weighted by molar-refractivity contribution is -0.0863. The summed E-state index contributed by atoms with van der Waals surface area (Å²) in [7, 11) is -3.09. The van der Waals surface area contributed by atoms with E-state index in [1.54, 1.807) is 69.3 Å². The highest BCUT2D eigenvalue weighted by atomic mass is 32.2. The molecule has 1 amide bonds. The average Bonchev–Trinajstić information content (AvgIpc) is 2.91. The predicted octanol–water partition coefficient (Wildman–Crippen LogP) is 3.80. The minimum absolute atomic E-state index is 0.0486. The molecular formula is C29H36N2O7S. The van der Waals surface area contributed by atoms with E-state index in [1.165, 1.54) is 31.4 Å². The number of rotatable bonds is 11. The molecule has 0 saturated heterocycles. The van der Waals surface area contributed by atoms with Gasteiger partial charge in [0.05, 0.1) is 24.7 Å². The number of hydrogen-bond donors (Lipinski definition) is 3. The molecule has 0 saturated carbocycles. The number of methoxy groups -OCH3 is 1. The fraction of sp³-hybridized carbons (Fsp3) is 0.345. The number of aliphatic hydroxyl groups is 1. The van der Waals surface area contributed by atoms with Crippen LogP contribution in [0.5, 0.6) is 5.75 Å². The molecule has 10 heteroatoms. The maximum Gasteiger partial charge on any atom is 0.407 e. The van der Waals surface area contributed by atoms with Gasteiger partial charge in [-0.25, -0.2) is 13.2 Å². The highest BCUT2D eigenvalue weighted by molar-refractivity contribution is 7.92. The molecule has 3 rings (SSSR count). The number of alkyl carbamates (subject to hydrolysis) is 1.